The molecule has 11 heteroatoms. The fourth-order valence-electron chi connectivity index (χ4n) is 4.89. The molecule has 5 rings (SSSR count). The molecule has 200 valence electrons. The average molecular weight is 528 g/mol. The van der Waals surface area contributed by atoms with Gasteiger partial charge < -0.3 is 25.0 Å². The number of carbonyl (C=O) groups excluding carboxylic acids is 1. The number of carbonyl (C=O) groups is 1. The number of halogens is 3. The summed E-state index contributed by atoms with van der Waals surface area (Å²) in [5.41, 5.74) is 2.84. The van der Waals surface area contributed by atoms with Crippen molar-refractivity contribution in [2.24, 2.45) is 0 Å². The molecule has 3 heterocycles. The zero-order chi connectivity index (χ0) is 27.0. The number of alkyl halides is 3. The Balaban J connectivity index is 1.57. The Morgan fingerprint density at radius 1 is 0.974 bits per heavy atom. The molecular weight excluding hydrogens is 499 g/mol. The van der Waals surface area contributed by atoms with Crippen molar-refractivity contribution in [1.82, 2.24) is 15.2 Å². The number of pyridine rings is 1. The third kappa shape index (κ3) is 5.19. The molecule has 0 spiro atoms. The summed E-state index contributed by atoms with van der Waals surface area (Å²) in [5.74, 6) is 0.0487. The number of nitrogens with one attached hydrogen (secondary N) is 1. The van der Waals surface area contributed by atoms with Gasteiger partial charge >= 0.3 is 12.4 Å². The van der Waals surface area contributed by atoms with Gasteiger partial charge in [0.05, 0.1) is 0 Å². The predicted molar refractivity (Wildman–Crippen MR) is 139 cm³/mol. The molecule has 0 radical (unpaired) electrons. The van der Waals surface area contributed by atoms with E-state index < -0.39 is 12.1 Å². The van der Waals surface area contributed by atoms with E-state index in [0.717, 1.165) is 31.7 Å². The van der Waals surface area contributed by atoms with E-state index in [1.165, 1.54) is 12.1 Å². The maximum absolute atomic E-state index is 13.2. The number of amides is 2. The number of phenols is 1. The number of benzene rings is 2. The summed E-state index contributed by atoms with van der Waals surface area (Å²) >= 11 is 0. The SMILES string of the molecule is Cc1cc(-c2cc(OC(F)(F)F)cc(-c3ccnc(N4CCNCC4)c3)c2O)ccc1N1CCN(C)C1=O. The topological polar surface area (TPSA) is 81.2 Å². The van der Waals surface area contributed by atoms with Crippen molar-refractivity contribution in [2.75, 3.05) is 56.1 Å². The third-order valence-electron chi connectivity index (χ3n) is 6.83. The number of phenolic OH excluding ortho intramolecular Hbond substituents is 1. The molecule has 2 amide bonds. The molecule has 2 aliphatic heterocycles. The van der Waals surface area contributed by atoms with Gasteiger partial charge in [0.15, 0.2) is 0 Å². The number of urea groups is 1. The number of nitrogens with zero attached hydrogens (tertiary/aromatic N) is 4. The lowest BCUT2D eigenvalue weighted by atomic mass is 9.95. The van der Waals surface area contributed by atoms with Gasteiger partial charge in [-0.25, -0.2) is 9.78 Å². The minimum Gasteiger partial charge on any atom is -0.507 e. The van der Waals surface area contributed by atoms with Gasteiger partial charge in [-0.15, -0.1) is 13.2 Å². The third-order valence-corrected chi connectivity index (χ3v) is 6.83. The van der Waals surface area contributed by atoms with E-state index in [0.29, 0.717) is 35.7 Å². The Morgan fingerprint density at radius 2 is 1.66 bits per heavy atom. The number of hydrogen-bond acceptors (Lipinski definition) is 6. The van der Waals surface area contributed by atoms with Gasteiger partial charge in [0.1, 0.15) is 17.3 Å². The second-order valence-corrected chi connectivity index (χ2v) is 9.41. The van der Waals surface area contributed by atoms with Crippen LogP contribution in [0.2, 0.25) is 0 Å². The monoisotopic (exact) mass is 527 g/mol. The average Bonchev–Trinajstić information content (AvgIpc) is 3.22. The highest BCUT2D eigenvalue weighted by Gasteiger charge is 2.32. The standard InChI is InChI=1S/C27H28F3N5O3/c1-17-13-18(3-4-23(17)35-12-11-33(2)26(35)37)21-15-20(38-27(28,29)30)16-22(25(21)36)19-5-6-32-24(14-19)34-9-7-31-8-10-34/h3-6,13-16,31,36H,7-12H2,1-2H3. The van der Waals surface area contributed by atoms with Crippen LogP contribution in [0, 0.1) is 6.92 Å². The predicted octanol–water partition coefficient (Wildman–Crippen LogP) is 4.61. The summed E-state index contributed by atoms with van der Waals surface area (Å²) in [6, 6.07) is 10.8. The molecule has 8 nitrogen and oxygen atoms in total. The van der Waals surface area contributed by atoms with Crippen molar-refractivity contribution in [3.63, 3.8) is 0 Å². The first kappa shape index (κ1) is 25.7. The van der Waals surface area contributed by atoms with E-state index in [9.17, 15) is 23.1 Å². The van der Waals surface area contributed by atoms with Gasteiger partial charge in [0, 0.05) is 69.3 Å². The normalized spacial score (nSPS) is 16.3. The van der Waals surface area contributed by atoms with E-state index in [1.54, 1.807) is 53.4 Å². The zero-order valence-corrected chi connectivity index (χ0v) is 21.0. The molecule has 1 aromatic heterocycles. The molecular formula is C27H28F3N5O3. The van der Waals surface area contributed by atoms with Crippen LogP contribution >= 0.6 is 0 Å². The fourth-order valence-corrected chi connectivity index (χ4v) is 4.89. The molecule has 0 saturated carbocycles. The first-order chi connectivity index (χ1) is 18.1. The minimum atomic E-state index is -4.91. The Hall–Kier alpha value is -3.99. The number of anilines is 2. The lowest BCUT2D eigenvalue weighted by Crippen LogP contribution is -2.43. The summed E-state index contributed by atoms with van der Waals surface area (Å²) < 4.78 is 44.0. The number of piperazine rings is 1. The summed E-state index contributed by atoms with van der Waals surface area (Å²) in [5, 5.41) is 14.6. The maximum Gasteiger partial charge on any atom is 0.573 e. The van der Waals surface area contributed by atoms with E-state index in [2.05, 4.69) is 19.9 Å². The van der Waals surface area contributed by atoms with Crippen molar-refractivity contribution in [2.45, 2.75) is 13.3 Å². The van der Waals surface area contributed by atoms with Gasteiger partial charge in [-0.3, -0.25) is 4.90 Å². The molecule has 0 atom stereocenters. The number of aromatic nitrogens is 1. The zero-order valence-electron chi connectivity index (χ0n) is 21.0. The highest BCUT2D eigenvalue weighted by molar-refractivity contribution is 5.95. The van der Waals surface area contributed by atoms with Crippen LogP contribution in [0.3, 0.4) is 0 Å². The second kappa shape index (κ2) is 10.1. The Bertz CT molecular complexity index is 1360. The van der Waals surface area contributed by atoms with Crippen LogP contribution < -0.4 is 19.9 Å². The summed E-state index contributed by atoms with van der Waals surface area (Å²) in [4.78, 5) is 22.2. The fraction of sp³-hybridized carbons (Fsp3) is 0.333. The maximum atomic E-state index is 13.2. The van der Waals surface area contributed by atoms with Gasteiger partial charge in [-0.1, -0.05) is 6.07 Å². The number of aryl methyl sites for hydroxylation is 1. The first-order valence-corrected chi connectivity index (χ1v) is 12.3. The van der Waals surface area contributed by atoms with E-state index >= 15 is 0 Å². The Labute approximate surface area is 218 Å². The number of ether oxygens (including phenoxy) is 1. The van der Waals surface area contributed by atoms with E-state index in [-0.39, 0.29) is 22.9 Å². The molecule has 38 heavy (non-hydrogen) atoms. The van der Waals surface area contributed by atoms with Gasteiger partial charge in [0.25, 0.3) is 0 Å². The van der Waals surface area contributed by atoms with Crippen molar-refractivity contribution < 1.29 is 27.8 Å². The smallest absolute Gasteiger partial charge is 0.507 e. The number of rotatable bonds is 5. The molecule has 2 aromatic carbocycles. The summed E-state index contributed by atoms with van der Waals surface area (Å²) in [6.45, 7) is 6.04. The van der Waals surface area contributed by atoms with E-state index in [4.69, 9.17) is 0 Å². The van der Waals surface area contributed by atoms with Crippen molar-refractivity contribution in [3.8, 4) is 33.8 Å². The Kier molecular flexibility index (Phi) is 6.78. The van der Waals surface area contributed by atoms with Crippen molar-refractivity contribution in [1.29, 1.82) is 0 Å². The summed E-state index contributed by atoms with van der Waals surface area (Å²) in [6.07, 6.45) is -3.33. The highest BCUT2D eigenvalue weighted by atomic mass is 19.4. The molecule has 0 bridgehead atoms. The van der Waals surface area contributed by atoms with Crippen LogP contribution in [0.15, 0.2) is 48.7 Å². The Morgan fingerprint density at radius 3 is 2.26 bits per heavy atom. The van der Waals surface area contributed by atoms with Crippen LogP contribution in [0.1, 0.15) is 5.56 Å². The molecule has 2 aliphatic rings. The molecule has 2 saturated heterocycles. The molecule has 2 N–H and O–H groups in total. The van der Waals surface area contributed by atoms with Crippen LogP contribution in [0.5, 0.6) is 11.5 Å². The van der Waals surface area contributed by atoms with Crippen LogP contribution in [-0.4, -0.2) is 73.7 Å². The quantitative estimate of drug-likeness (QED) is 0.505. The summed E-state index contributed by atoms with van der Waals surface area (Å²) in [7, 11) is 1.73. The highest BCUT2D eigenvalue weighted by Crippen LogP contribution is 2.44. The lowest BCUT2D eigenvalue weighted by Gasteiger charge is -2.28. The number of hydrogen-bond donors (Lipinski definition) is 2. The van der Waals surface area contributed by atoms with E-state index in [1.807, 2.05) is 6.92 Å². The van der Waals surface area contributed by atoms with Crippen molar-refractivity contribution >= 4 is 17.5 Å². The molecule has 3 aromatic rings. The lowest BCUT2D eigenvalue weighted by molar-refractivity contribution is -0.274. The number of likely N-dealkylation sites (N-methyl/N-ethyl adjacent to an activating group) is 1. The minimum absolute atomic E-state index is 0.121. The second-order valence-electron chi connectivity index (χ2n) is 9.41. The molecule has 2 fully saturated rings. The number of aromatic hydroxyl groups is 1. The van der Waals surface area contributed by atoms with Gasteiger partial charge in [-0.2, -0.15) is 0 Å². The largest absolute Gasteiger partial charge is 0.573 e. The van der Waals surface area contributed by atoms with Gasteiger partial charge in [0.2, 0.25) is 0 Å². The van der Waals surface area contributed by atoms with Crippen molar-refractivity contribution in [3.05, 3.63) is 54.2 Å². The molecule has 0 aliphatic carbocycles. The van der Waals surface area contributed by atoms with Gasteiger partial charge in [-0.05, 0) is 60.0 Å². The first-order valence-electron chi connectivity index (χ1n) is 12.3. The van der Waals surface area contributed by atoms with Crippen LogP contribution in [0.4, 0.5) is 29.5 Å². The molecule has 0 unspecified atom stereocenters. The van der Waals surface area contributed by atoms with Crippen LogP contribution in [0.25, 0.3) is 22.3 Å². The van der Waals surface area contributed by atoms with Crippen LogP contribution in [-0.2, 0) is 0 Å².